The predicted octanol–water partition coefficient (Wildman–Crippen LogP) is 0.166. The molecule has 1 aromatic carbocycles. The van der Waals surface area contributed by atoms with Crippen molar-refractivity contribution in [2.45, 2.75) is 38.0 Å². The number of carbonyl (C=O) groups excluding carboxylic acids is 3. The van der Waals surface area contributed by atoms with Crippen LogP contribution in [0, 0.1) is 11.3 Å². The monoisotopic (exact) mass is 530 g/mol. The van der Waals surface area contributed by atoms with Gasteiger partial charge in [-0.3, -0.25) is 19.3 Å². The first kappa shape index (κ1) is 27.9. The lowest BCUT2D eigenvalue weighted by molar-refractivity contribution is -0.159. The number of rotatable bonds is 8. The molecule has 0 radical (unpaired) electrons. The zero-order chi connectivity index (χ0) is 28.2. The van der Waals surface area contributed by atoms with Gasteiger partial charge in [-0.05, 0) is 58.1 Å². The molecule has 0 unspecified atom stereocenters. The molecular formula is C27H34N2O9. The van der Waals surface area contributed by atoms with Gasteiger partial charge in [0.05, 0.1) is 37.0 Å². The van der Waals surface area contributed by atoms with Crippen molar-refractivity contribution in [2.75, 3.05) is 41.0 Å². The molecule has 0 saturated heterocycles. The van der Waals surface area contributed by atoms with Crippen LogP contribution in [0.4, 0.5) is 0 Å². The fourth-order valence-electron chi connectivity index (χ4n) is 6.46. The van der Waals surface area contributed by atoms with Gasteiger partial charge in [-0.15, -0.1) is 0 Å². The summed E-state index contributed by atoms with van der Waals surface area (Å²) >= 11 is 0. The van der Waals surface area contributed by atoms with Crippen LogP contribution >= 0.6 is 0 Å². The number of ether oxygens (including phenoxy) is 1. The zero-order valence-electron chi connectivity index (χ0n) is 21.9. The number of nitrogens with one attached hydrogen (secondary N) is 1. The van der Waals surface area contributed by atoms with E-state index in [4.69, 9.17) is 4.74 Å². The lowest BCUT2D eigenvalue weighted by Gasteiger charge is -2.54. The van der Waals surface area contributed by atoms with Crippen LogP contribution in [0.5, 0.6) is 5.75 Å². The van der Waals surface area contributed by atoms with E-state index < -0.39 is 57.4 Å². The van der Waals surface area contributed by atoms with E-state index in [2.05, 4.69) is 5.32 Å². The summed E-state index contributed by atoms with van der Waals surface area (Å²) in [7, 11) is 4.89. The first-order valence-corrected chi connectivity index (χ1v) is 12.4. The number of fused-ring (bicyclic) bond motifs is 3. The van der Waals surface area contributed by atoms with Gasteiger partial charge in [0.15, 0.2) is 17.2 Å². The van der Waals surface area contributed by atoms with Crippen molar-refractivity contribution in [3.8, 4) is 5.75 Å². The number of carbonyl (C=O) groups is 3. The Balaban J connectivity index is 2.05. The summed E-state index contributed by atoms with van der Waals surface area (Å²) in [5.41, 5.74) is -3.52. The molecule has 4 rings (SSSR count). The third kappa shape index (κ3) is 3.88. The number of phenolic OH excluding ortho intramolecular Hbond substituents is 1. The van der Waals surface area contributed by atoms with Gasteiger partial charge >= 0.3 is 0 Å². The largest absolute Gasteiger partial charge is 0.508 e. The normalized spacial score (nSPS) is 28.9. The maximum Gasteiger partial charge on any atom is 0.202 e. The van der Waals surface area contributed by atoms with Crippen molar-refractivity contribution < 1.29 is 44.7 Å². The van der Waals surface area contributed by atoms with Gasteiger partial charge in [-0.2, -0.15) is 0 Å². The van der Waals surface area contributed by atoms with Crippen molar-refractivity contribution in [3.63, 3.8) is 0 Å². The first-order chi connectivity index (χ1) is 17.9. The van der Waals surface area contributed by atoms with E-state index in [1.807, 2.05) is 0 Å². The second kappa shape index (κ2) is 9.90. The molecule has 1 aromatic rings. The van der Waals surface area contributed by atoms with E-state index in [0.29, 0.717) is 12.1 Å². The van der Waals surface area contributed by atoms with E-state index in [-0.39, 0.29) is 49.5 Å². The van der Waals surface area contributed by atoms with Crippen LogP contribution in [0.15, 0.2) is 29.0 Å². The van der Waals surface area contributed by atoms with Crippen molar-refractivity contribution in [3.05, 3.63) is 45.7 Å². The number of Topliss-reactive ketones (excluding diaryl/α,β-unsaturated/α-hetero) is 3. The average Bonchev–Trinajstić information content (AvgIpc) is 2.83. The molecule has 3 aliphatic carbocycles. The van der Waals surface area contributed by atoms with Gasteiger partial charge in [0.1, 0.15) is 22.8 Å². The van der Waals surface area contributed by atoms with Gasteiger partial charge in [0.25, 0.3) is 0 Å². The molecule has 1 fully saturated rings. The smallest absolute Gasteiger partial charge is 0.202 e. The van der Waals surface area contributed by atoms with Gasteiger partial charge in [-0.1, -0.05) is 6.07 Å². The quantitative estimate of drug-likeness (QED) is 0.199. The Kier molecular flexibility index (Phi) is 7.28. The lowest BCUT2D eigenvalue weighted by atomic mass is 9.51. The van der Waals surface area contributed by atoms with Crippen LogP contribution in [0.2, 0.25) is 0 Å². The van der Waals surface area contributed by atoms with Gasteiger partial charge in [0.2, 0.25) is 5.78 Å². The van der Waals surface area contributed by atoms with Crippen LogP contribution in [0.1, 0.15) is 30.0 Å². The molecule has 0 aromatic heterocycles. The van der Waals surface area contributed by atoms with E-state index in [0.717, 1.165) is 12.5 Å². The molecule has 3 aliphatic rings. The lowest BCUT2D eigenvalue weighted by Crippen LogP contribution is -2.67. The first-order valence-electron chi connectivity index (χ1n) is 12.4. The van der Waals surface area contributed by atoms with Gasteiger partial charge < -0.3 is 35.6 Å². The fourth-order valence-corrected chi connectivity index (χ4v) is 6.46. The summed E-state index contributed by atoms with van der Waals surface area (Å²) in [6.07, 6.45) is 0.0211. The Morgan fingerprint density at radius 3 is 2.47 bits per heavy atom. The third-order valence-electron chi connectivity index (χ3n) is 8.01. The summed E-state index contributed by atoms with van der Waals surface area (Å²) in [6.45, 7) is 0.942. The maximum absolute atomic E-state index is 14.2. The van der Waals surface area contributed by atoms with E-state index in [9.17, 15) is 39.9 Å². The Morgan fingerprint density at radius 2 is 1.89 bits per heavy atom. The minimum absolute atomic E-state index is 0.0345. The summed E-state index contributed by atoms with van der Waals surface area (Å²) in [5, 5.41) is 57.6. The molecule has 4 atom stereocenters. The summed E-state index contributed by atoms with van der Waals surface area (Å²) in [6, 6.07) is 1.96. The highest BCUT2D eigenvalue weighted by atomic mass is 16.5. The molecule has 0 heterocycles. The Morgan fingerprint density at radius 1 is 1.21 bits per heavy atom. The van der Waals surface area contributed by atoms with Crippen LogP contribution < -0.4 is 5.32 Å². The van der Waals surface area contributed by atoms with E-state index in [1.54, 1.807) is 27.2 Å². The number of aromatic hydroxyl groups is 1. The Labute approximate surface area is 220 Å². The van der Waals surface area contributed by atoms with Crippen LogP contribution in [0.25, 0.3) is 5.76 Å². The highest BCUT2D eigenvalue weighted by molar-refractivity contribution is 6.25. The number of aliphatic hydroxyl groups is 4. The molecule has 1 saturated carbocycles. The van der Waals surface area contributed by atoms with Crippen molar-refractivity contribution in [1.29, 1.82) is 0 Å². The molecule has 6 N–H and O–H groups in total. The standard InChI is InChI=1S/C27H34N2O9/c1-13(31)18-23(34)21(29(3)4)16-10-26(12-38-8-7-30)9-15-14(11-28-2)5-6-17(32)19(15)22(33)20(26)25(36)27(16,37)24(18)35/h5-6,16,21,28,30,32-33,35,37H,7-12H2,1-4H3/t16-,21-,26-,27+/m0/s1. The summed E-state index contributed by atoms with van der Waals surface area (Å²) in [5.74, 6) is -5.65. The Bertz CT molecular complexity index is 1270. The average molecular weight is 531 g/mol. The van der Waals surface area contributed by atoms with Crippen molar-refractivity contribution in [2.24, 2.45) is 11.3 Å². The van der Waals surface area contributed by atoms with Crippen LogP contribution in [-0.4, -0.2) is 100 Å². The number of ketones is 3. The second-order valence-electron chi connectivity index (χ2n) is 10.5. The fraction of sp³-hybridized carbons (Fsp3) is 0.519. The minimum atomic E-state index is -2.68. The number of hydrogen-bond acceptors (Lipinski definition) is 11. The van der Waals surface area contributed by atoms with Crippen molar-refractivity contribution >= 4 is 23.1 Å². The maximum atomic E-state index is 14.2. The summed E-state index contributed by atoms with van der Waals surface area (Å²) < 4.78 is 5.71. The molecule has 0 bridgehead atoms. The Hall–Kier alpha value is -3.09. The van der Waals surface area contributed by atoms with Gasteiger partial charge in [-0.25, -0.2) is 0 Å². The molecule has 0 spiro atoms. The van der Waals surface area contributed by atoms with Crippen LogP contribution in [-0.2, 0) is 32.1 Å². The van der Waals surface area contributed by atoms with Crippen LogP contribution in [0.3, 0.4) is 0 Å². The number of likely N-dealkylation sites (N-methyl/N-ethyl adjacent to an activating group) is 1. The number of phenols is 1. The zero-order valence-corrected chi connectivity index (χ0v) is 21.9. The van der Waals surface area contributed by atoms with E-state index in [1.165, 1.54) is 11.0 Å². The molecule has 206 valence electrons. The number of nitrogens with zero attached hydrogens (tertiary/aromatic N) is 1. The molecular weight excluding hydrogens is 496 g/mol. The predicted molar refractivity (Wildman–Crippen MR) is 135 cm³/mol. The minimum Gasteiger partial charge on any atom is -0.508 e. The molecule has 0 amide bonds. The topological polar surface area (TPSA) is 177 Å². The second-order valence-corrected chi connectivity index (χ2v) is 10.5. The number of benzene rings is 1. The SMILES string of the molecule is CNCc1ccc(O)c2c1C[C@@]1(COCCO)C[C@H]3[C@H](N(C)C)C(=O)C(C(C)=O)=C(O)[C@@]3(O)C(=O)C1=C2O. The number of hydrogen-bond donors (Lipinski definition) is 6. The highest BCUT2D eigenvalue weighted by Gasteiger charge is 2.67. The third-order valence-corrected chi connectivity index (χ3v) is 8.01. The van der Waals surface area contributed by atoms with Crippen molar-refractivity contribution in [1.82, 2.24) is 10.2 Å². The highest BCUT2D eigenvalue weighted by Crippen LogP contribution is 2.58. The van der Waals surface area contributed by atoms with Gasteiger partial charge in [0, 0.05) is 17.9 Å². The van der Waals surface area contributed by atoms with E-state index >= 15 is 0 Å². The molecule has 11 heteroatoms. The molecule has 11 nitrogen and oxygen atoms in total. The summed E-state index contributed by atoms with van der Waals surface area (Å²) in [4.78, 5) is 41.5. The number of aliphatic hydroxyl groups excluding tert-OH is 3. The molecule has 38 heavy (non-hydrogen) atoms. The molecule has 0 aliphatic heterocycles.